The molecule has 1 saturated heterocycles. The highest BCUT2D eigenvalue weighted by atomic mass is 16.5. The van der Waals surface area contributed by atoms with Crippen molar-refractivity contribution >= 4 is 5.69 Å². The molecule has 0 radical (unpaired) electrons. The second-order valence-electron chi connectivity index (χ2n) is 5.23. The Morgan fingerprint density at radius 1 is 1.39 bits per heavy atom. The van der Waals surface area contributed by atoms with Crippen LogP contribution in [0.2, 0.25) is 0 Å². The Morgan fingerprint density at radius 3 is 2.89 bits per heavy atom. The minimum absolute atomic E-state index is 0.577. The molecule has 0 amide bonds. The van der Waals surface area contributed by atoms with Crippen LogP contribution in [0.15, 0.2) is 24.3 Å². The first kappa shape index (κ1) is 13.2. The molecule has 18 heavy (non-hydrogen) atoms. The molecule has 1 aliphatic rings. The van der Waals surface area contributed by atoms with E-state index in [-0.39, 0.29) is 0 Å². The molecule has 0 spiro atoms. The maximum Gasteiger partial charge on any atom is 0.142 e. The van der Waals surface area contributed by atoms with Gasteiger partial charge in [-0.15, -0.1) is 0 Å². The van der Waals surface area contributed by atoms with Crippen LogP contribution in [-0.2, 0) is 0 Å². The summed E-state index contributed by atoms with van der Waals surface area (Å²) in [6.45, 7) is 4.52. The van der Waals surface area contributed by atoms with Crippen LogP contribution >= 0.6 is 0 Å². The summed E-state index contributed by atoms with van der Waals surface area (Å²) in [6, 6.07) is 8.79. The molecule has 3 heteroatoms. The van der Waals surface area contributed by atoms with E-state index in [1.807, 2.05) is 12.1 Å². The molecule has 100 valence electrons. The number of hydrogen-bond acceptors (Lipinski definition) is 3. The second-order valence-corrected chi connectivity index (χ2v) is 5.23. The number of para-hydroxylation sites is 2. The molecule has 3 nitrogen and oxygen atoms in total. The molecular weight excluding hydrogens is 224 g/mol. The molecule has 2 rings (SSSR count). The zero-order valence-electron chi connectivity index (χ0n) is 11.6. The Bertz CT molecular complexity index is 381. The smallest absolute Gasteiger partial charge is 0.142 e. The highest BCUT2D eigenvalue weighted by molar-refractivity contribution is 5.57. The molecule has 0 saturated carbocycles. The van der Waals surface area contributed by atoms with Gasteiger partial charge in [-0.25, -0.2) is 0 Å². The lowest BCUT2D eigenvalue weighted by atomic mass is 9.92. The fourth-order valence-corrected chi connectivity index (χ4v) is 2.70. The molecule has 2 unspecified atom stereocenters. The summed E-state index contributed by atoms with van der Waals surface area (Å²) in [5.74, 6) is 1.69. The molecule has 1 aliphatic heterocycles. The monoisotopic (exact) mass is 248 g/mol. The molecule has 1 fully saturated rings. The number of benzene rings is 1. The molecule has 1 heterocycles. The molecule has 0 aromatic heterocycles. The largest absolute Gasteiger partial charge is 0.495 e. The van der Waals surface area contributed by atoms with Gasteiger partial charge in [0.15, 0.2) is 0 Å². The third kappa shape index (κ3) is 2.96. The SMILES string of the molecule is COc1ccccc1N(C)CC1NCCCC1C. The van der Waals surface area contributed by atoms with Crippen molar-refractivity contribution in [2.24, 2.45) is 5.92 Å². The van der Waals surface area contributed by atoms with Gasteiger partial charge in [-0.05, 0) is 37.4 Å². The third-order valence-electron chi connectivity index (χ3n) is 3.90. The van der Waals surface area contributed by atoms with Gasteiger partial charge >= 0.3 is 0 Å². The van der Waals surface area contributed by atoms with Crippen LogP contribution in [0.3, 0.4) is 0 Å². The normalized spacial score (nSPS) is 23.7. The minimum atomic E-state index is 0.577. The van der Waals surface area contributed by atoms with E-state index in [1.165, 1.54) is 18.5 Å². The van der Waals surface area contributed by atoms with Crippen molar-refractivity contribution in [3.63, 3.8) is 0 Å². The zero-order chi connectivity index (χ0) is 13.0. The van der Waals surface area contributed by atoms with Crippen LogP contribution in [0.1, 0.15) is 19.8 Å². The van der Waals surface area contributed by atoms with Crippen LogP contribution in [-0.4, -0.2) is 33.3 Å². The van der Waals surface area contributed by atoms with Crippen molar-refractivity contribution in [1.82, 2.24) is 5.32 Å². The maximum atomic E-state index is 5.42. The average Bonchev–Trinajstić information content (AvgIpc) is 2.41. The van der Waals surface area contributed by atoms with Gasteiger partial charge in [0.25, 0.3) is 0 Å². The van der Waals surface area contributed by atoms with Crippen molar-refractivity contribution in [3.8, 4) is 5.75 Å². The zero-order valence-corrected chi connectivity index (χ0v) is 11.6. The van der Waals surface area contributed by atoms with E-state index in [2.05, 4.69) is 36.3 Å². The lowest BCUT2D eigenvalue weighted by Crippen LogP contribution is -2.47. The third-order valence-corrected chi connectivity index (χ3v) is 3.90. The van der Waals surface area contributed by atoms with Gasteiger partial charge in [-0.2, -0.15) is 0 Å². The van der Waals surface area contributed by atoms with E-state index in [1.54, 1.807) is 7.11 Å². The van der Waals surface area contributed by atoms with Crippen molar-refractivity contribution in [2.75, 3.05) is 32.1 Å². The summed E-state index contributed by atoms with van der Waals surface area (Å²) in [6.07, 6.45) is 2.63. The summed E-state index contributed by atoms with van der Waals surface area (Å²) >= 11 is 0. The molecule has 0 bridgehead atoms. The first-order valence-electron chi connectivity index (χ1n) is 6.80. The topological polar surface area (TPSA) is 24.5 Å². The van der Waals surface area contributed by atoms with Gasteiger partial charge in [-0.3, -0.25) is 0 Å². The lowest BCUT2D eigenvalue weighted by molar-refractivity contribution is 0.302. The van der Waals surface area contributed by atoms with Crippen LogP contribution < -0.4 is 15.0 Å². The Hall–Kier alpha value is -1.22. The number of methoxy groups -OCH3 is 1. The van der Waals surface area contributed by atoms with Gasteiger partial charge in [0.05, 0.1) is 12.8 Å². The van der Waals surface area contributed by atoms with E-state index in [4.69, 9.17) is 4.74 Å². The van der Waals surface area contributed by atoms with E-state index in [0.717, 1.165) is 24.8 Å². The van der Waals surface area contributed by atoms with Crippen molar-refractivity contribution in [1.29, 1.82) is 0 Å². The number of piperidine rings is 1. The average molecular weight is 248 g/mol. The van der Waals surface area contributed by atoms with E-state index in [9.17, 15) is 0 Å². The number of hydrogen-bond donors (Lipinski definition) is 1. The second kappa shape index (κ2) is 6.10. The highest BCUT2D eigenvalue weighted by Crippen LogP contribution is 2.27. The number of ether oxygens (including phenoxy) is 1. The Kier molecular flexibility index (Phi) is 4.48. The minimum Gasteiger partial charge on any atom is -0.495 e. The molecule has 1 aromatic carbocycles. The van der Waals surface area contributed by atoms with E-state index >= 15 is 0 Å². The van der Waals surface area contributed by atoms with Crippen LogP contribution in [0.4, 0.5) is 5.69 Å². The van der Waals surface area contributed by atoms with E-state index in [0.29, 0.717) is 6.04 Å². The van der Waals surface area contributed by atoms with Crippen molar-refractivity contribution in [2.45, 2.75) is 25.8 Å². The Labute approximate surface area is 110 Å². The van der Waals surface area contributed by atoms with Gasteiger partial charge in [0.1, 0.15) is 5.75 Å². The van der Waals surface area contributed by atoms with Gasteiger partial charge in [0, 0.05) is 19.6 Å². The first-order chi connectivity index (χ1) is 8.72. The number of nitrogens with zero attached hydrogens (tertiary/aromatic N) is 1. The summed E-state index contributed by atoms with van der Waals surface area (Å²) in [4.78, 5) is 2.29. The standard InChI is InChI=1S/C15H24N2O/c1-12-7-6-10-16-13(12)11-17(2)14-8-4-5-9-15(14)18-3/h4-5,8-9,12-13,16H,6-7,10-11H2,1-3H3. The predicted molar refractivity (Wildman–Crippen MR) is 76.5 cm³/mol. The molecule has 1 N–H and O–H groups in total. The van der Waals surface area contributed by atoms with Crippen molar-refractivity contribution < 1.29 is 4.74 Å². The Morgan fingerprint density at radius 2 is 2.17 bits per heavy atom. The van der Waals surface area contributed by atoms with Crippen LogP contribution in [0.5, 0.6) is 5.75 Å². The quantitative estimate of drug-likeness (QED) is 0.886. The van der Waals surface area contributed by atoms with Gasteiger partial charge < -0.3 is 15.0 Å². The summed E-state index contributed by atoms with van der Waals surface area (Å²) in [5.41, 5.74) is 1.17. The highest BCUT2D eigenvalue weighted by Gasteiger charge is 2.22. The number of likely N-dealkylation sites (N-methyl/N-ethyl adjacent to an activating group) is 1. The number of rotatable bonds is 4. The number of anilines is 1. The van der Waals surface area contributed by atoms with E-state index < -0.39 is 0 Å². The maximum absolute atomic E-state index is 5.42. The summed E-state index contributed by atoms with van der Waals surface area (Å²) in [5, 5.41) is 3.62. The van der Waals surface area contributed by atoms with Crippen LogP contribution in [0.25, 0.3) is 0 Å². The lowest BCUT2D eigenvalue weighted by Gasteiger charge is -2.34. The molecular formula is C15H24N2O. The van der Waals surface area contributed by atoms with Gasteiger partial charge in [-0.1, -0.05) is 19.1 Å². The fraction of sp³-hybridized carbons (Fsp3) is 0.600. The predicted octanol–water partition coefficient (Wildman–Crippen LogP) is 2.52. The van der Waals surface area contributed by atoms with Crippen LogP contribution in [0, 0.1) is 5.92 Å². The number of nitrogens with one attached hydrogen (secondary N) is 1. The Balaban J connectivity index is 2.04. The fourth-order valence-electron chi connectivity index (χ4n) is 2.70. The summed E-state index contributed by atoms with van der Waals surface area (Å²) in [7, 11) is 3.87. The summed E-state index contributed by atoms with van der Waals surface area (Å²) < 4.78 is 5.42. The first-order valence-corrected chi connectivity index (χ1v) is 6.80. The van der Waals surface area contributed by atoms with Crippen molar-refractivity contribution in [3.05, 3.63) is 24.3 Å². The van der Waals surface area contributed by atoms with Gasteiger partial charge in [0.2, 0.25) is 0 Å². The molecule has 0 aliphatic carbocycles. The molecule has 2 atom stereocenters. The molecule has 1 aromatic rings.